The summed E-state index contributed by atoms with van der Waals surface area (Å²) in [6, 6.07) is 4.88. The highest BCUT2D eigenvalue weighted by Gasteiger charge is 2.40. The van der Waals surface area contributed by atoms with Crippen molar-refractivity contribution in [2.75, 3.05) is 26.8 Å². The largest absolute Gasteiger partial charge is 0.385 e. The molecule has 0 radical (unpaired) electrons. The number of hydrogen-bond donors (Lipinski definition) is 2. The number of halogens is 3. The lowest BCUT2D eigenvalue weighted by atomic mass is 9.74. The van der Waals surface area contributed by atoms with E-state index in [1.807, 2.05) is 0 Å². The molecule has 2 N–H and O–H groups in total. The van der Waals surface area contributed by atoms with Crippen LogP contribution in [0.15, 0.2) is 18.2 Å². The lowest BCUT2D eigenvalue weighted by Crippen LogP contribution is -2.44. The molecule has 23 heavy (non-hydrogen) atoms. The lowest BCUT2D eigenvalue weighted by Gasteiger charge is -2.39. The molecule has 1 aromatic rings. The van der Waals surface area contributed by atoms with Crippen molar-refractivity contribution in [1.29, 1.82) is 0 Å². The van der Waals surface area contributed by atoms with E-state index < -0.39 is 11.4 Å². The van der Waals surface area contributed by atoms with Crippen molar-refractivity contribution in [1.82, 2.24) is 5.32 Å². The van der Waals surface area contributed by atoms with Crippen molar-refractivity contribution < 1.29 is 14.2 Å². The van der Waals surface area contributed by atoms with E-state index in [9.17, 15) is 9.50 Å². The molecule has 1 heterocycles. The fourth-order valence-electron chi connectivity index (χ4n) is 3.30. The lowest BCUT2D eigenvalue weighted by molar-refractivity contribution is -0.0460. The Kier molecular flexibility index (Phi) is 8.80. The Morgan fingerprint density at radius 3 is 2.87 bits per heavy atom. The summed E-state index contributed by atoms with van der Waals surface area (Å²) in [5, 5.41) is 14.7. The van der Waals surface area contributed by atoms with Crippen molar-refractivity contribution in [2.45, 2.75) is 37.7 Å². The summed E-state index contributed by atoms with van der Waals surface area (Å²) < 4.78 is 19.6. The minimum atomic E-state index is -1.18. The Morgan fingerprint density at radius 1 is 1.43 bits per heavy atom. The highest BCUT2D eigenvalue weighted by atomic mass is 35.5. The number of unbranched alkanes of at least 4 members (excludes halogenated alkanes) is 1. The predicted octanol–water partition coefficient (Wildman–Crippen LogP) is 3.90. The van der Waals surface area contributed by atoms with E-state index in [1.54, 1.807) is 19.2 Å². The summed E-state index contributed by atoms with van der Waals surface area (Å²) in [6.45, 7) is 2.30. The van der Waals surface area contributed by atoms with Gasteiger partial charge in [0, 0.05) is 31.7 Å². The molecule has 1 aliphatic rings. The standard InChI is InChI=1S/C17H25ClFNO2.ClH/c1-22-11-3-2-9-17(21,13-6-5-10-20-12-13)14-7-4-8-15(18)16(14)19;/h4,7-8,13,20-21H,2-3,5-6,9-12H2,1H3;1H/t13-,17+;/m1./s1. The van der Waals surface area contributed by atoms with Crippen LogP contribution >= 0.6 is 24.0 Å². The Balaban J connectivity index is 0.00000264. The molecule has 0 unspecified atom stereocenters. The van der Waals surface area contributed by atoms with Gasteiger partial charge in [-0.25, -0.2) is 4.39 Å². The molecule has 3 nitrogen and oxygen atoms in total. The van der Waals surface area contributed by atoms with Crippen LogP contribution in [0.3, 0.4) is 0 Å². The Labute approximate surface area is 149 Å². The zero-order chi connectivity index (χ0) is 16.0. The van der Waals surface area contributed by atoms with Gasteiger partial charge in [0.15, 0.2) is 0 Å². The minimum Gasteiger partial charge on any atom is -0.385 e. The van der Waals surface area contributed by atoms with Gasteiger partial charge < -0.3 is 15.2 Å². The second-order valence-electron chi connectivity index (χ2n) is 6.02. The van der Waals surface area contributed by atoms with E-state index in [4.69, 9.17) is 16.3 Å². The van der Waals surface area contributed by atoms with Crippen molar-refractivity contribution in [3.05, 3.63) is 34.6 Å². The predicted molar refractivity (Wildman–Crippen MR) is 93.9 cm³/mol. The average molecular weight is 366 g/mol. The van der Waals surface area contributed by atoms with Gasteiger partial charge in [0.05, 0.1) is 10.6 Å². The third kappa shape index (κ3) is 5.04. The van der Waals surface area contributed by atoms with Crippen LogP contribution in [0.25, 0.3) is 0 Å². The number of methoxy groups -OCH3 is 1. The van der Waals surface area contributed by atoms with Crippen LogP contribution in [0, 0.1) is 11.7 Å². The quantitative estimate of drug-likeness (QED) is 0.719. The van der Waals surface area contributed by atoms with Crippen LogP contribution in [0.5, 0.6) is 0 Å². The first kappa shape index (κ1) is 20.7. The molecule has 2 atom stereocenters. The fraction of sp³-hybridized carbons (Fsp3) is 0.647. The normalized spacial score (nSPS) is 20.6. The van der Waals surface area contributed by atoms with Crippen molar-refractivity contribution in [2.24, 2.45) is 5.92 Å². The third-order valence-electron chi connectivity index (χ3n) is 4.55. The summed E-state index contributed by atoms with van der Waals surface area (Å²) in [6.07, 6.45) is 4.03. The van der Waals surface area contributed by atoms with Crippen molar-refractivity contribution >= 4 is 24.0 Å². The molecular formula is C17H26Cl2FNO2. The van der Waals surface area contributed by atoms with Gasteiger partial charge in [-0.1, -0.05) is 23.7 Å². The summed E-state index contributed by atoms with van der Waals surface area (Å²) in [4.78, 5) is 0. The molecule has 0 aliphatic carbocycles. The minimum absolute atomic E-state index is 0. The summed E-state index contributed by atoms with van der Waals surface area (Å²) in [5.74, 6) is -0.499. The van der Waals surface area contributed by atoms with Gasteiger partial charge in [-0.2, -0.15) is 0 Å². The van der Waals surface area contributed by atoms with Crippen LogP contribution in [-0.4, -0.2) is 31.9 Å². The van der Waals surface area contributed by atoms with Crippen LogP contribution in [-0.2, 0) is 10.3 Å². The van der Waals surface area contributed by atoms with E-state index >= 15 is 0 Å². The van der Waals surface area contributed by atoms with Gasteiger partial charge in [0.1, 0.15) is 5.82 Å². The van der Waals surface area contributed by atoms with Crippen LogP contribution in [0.2, 0.25) is 5.02 Å². The smallest absolute Gasteiger partial charge is 0.147 e. The number of rotatable bonds is 7. The molecule has 1 aromatic carbocycles. The highest BCUT2D eigenvalue weighted by molar-refractivity contribution is 6.30. The summed E-state index contributed by atoms with van der Waals surface area (Å²) in [5.41, 5.74) is -0.859. The SMILES string of the molecule is COCCCC[C@@](O)(c1cccc(Cl)c1F)[C@@H]1CCCNC1.Cl. The van der Waals surface area contributed by atoms with E-state index in [-0.39, 0.29) is 23.3 Å². The zero-order valence-electron chi connectivity index (χ0n) is 13.5. The second-order valence-corrected chi connectivity index (χ2v) is 6.43. The van der Waals surface area contributed by atoms with Crippen LogP contribution in [0.1, 0.15) is 37.7 Å². The molecule has 1 saturated heterocycles. The van der Waals surface area contributed by atoms with Crippen LogP contribution < -0.4 is 5.32 Å². The molecule has 2 rings (SSSR count). The number of aliphatic hydroxyl groups is 1. The van der Waals surface area contributed by atoms with Crippen molar-refractivity contribution in [3.63, 3.8) is 0 Å². The highest BCUT2D eigenvalue weighted by Crippen LogP contribution is 2.40. The molecule has 6 heteroatoms. The van der Waals surface area contributed by atoms with E-state index in [0.717, 1.165) is 32.2 Å². The van der Waals surface area contributed by atoms with Gasteiger partial charge in [0.2, 0.25) is 0 Å². The molecule has 132 valence electrons. The van der Waals surface area contributed by atoms with E-state index in [1.165, 1.54) is 6.07 Å². The molecular weight excluding hydrogens is 340 g/mol. The van der Waals surface area contributed by atoms with E-state index in [0.29, 0.717) is 25.1 Å². The second kappa shape index (κ2) is 9.80. The molecule has 1 aliphatic heterocycles. The summed E-state index contributed by atoms with van der Waals surface area (Å²) in [7, 11) is 1.66. The maximum Gasteiger partial charge on any atom is 0.147 e. The number of hydrogen-bond acceptors (Lipinski definition) is 3. The topological polar surface area (TPSA) is 41.5 Å². The Morgan fingerprint density at radius 2 is 2.22 bits per heavy atom. The number of benzene rings is 1. The molecule has 0 bridgehead atoms. The van der Waals surface area contributed by atoms with Gasteiger partial charge in [0.25, 0.3) is 0 Å². The zero-order valence-corrected chi connectivity index (χ0v) is 15.1. The van der Waals surface area contributed by atoms with Gasteiger partial charge >= 0.3 is 0 Å². The summed E-state index contributed by atoms with van der Waals surface area (Å²) >= 11 is 5.92. The molecule has 0 aromatic heterocycles. The first-order chi connectivity index (χ1) is 10.6. The van der Waals surface area contributed by atoms with Crippen LogP contribution in [0.4, 0.5) is 4.39 Å². The van der Waals surface area contributed by atoms with E-state index in [2.05, 4.69) is 5.32 Å². The number of ether oxygens (including phenoxy) is 1. The Hall–Kier alpha value is -0.390. The van der Waals surface area contributed by atoms with Gasteiger partial charge in [-0.3, -0.25) is 0 Å². The number of nitrogens with one attached hydrogen (secondary N) is 1. The van der Waals surface area contributed by atoms with Crippen molar-refractivity contribution in [3.8, 4) is 0 Å². The third-order valence-corrected chi connectivity index (χ3v) is 4.84. The molecule has 0 spiro atoms. The Bertz CT molecular complexity index is 484. The molecule has 0 saturated carbocycles. The first-order valence-corrected chi connectivity index (χ1v) is 8.34. The fourth-order valence-corrected chi connectivity index (χ4v) is 3.47. The first-order valence-electron chi connectivity index (χ1n) is 7.96. The number of piperidine rings is 1. The monoisotopic (exact) mass is 365 g/mol. The molecule has 1 fully saturated rings. The molecule has 0 amide bonds. The average Bonchev–Trinajstić information content (AvgIpc) is 2.55. The van der Waals surface area contributed by atoms with Gasteiger partial charge in [-0.15, -0.1) is 12.4 Å². The van der Waals surface area contributed by atoms with Gasteiger partial charge in [-0.05, 0) is 44.7 Å². The maximum atomic E-state index is 14.5. The maximum absolute atomic E-state index is 14.5.